The number of carbonyl (C=O) groups excluding carboxylic acids is 1. The quantitative estimate of drug-likeness (QED) is 0.460. The zero-order valence-electron chi connectivity index (χ0n) is 14.4. The summed E-state index contributed by atoms with van der Waals surface area (Å²) in [5.41, 5.74) is 8.60. The predicted octanol–water partition coefficient (Wildman–Crippen LogP) is 2.55. The van der Waals surface area contributed by atoms with Crippen LogP contribution in [0.4, 0.5) is 4.39 Å². The van der Waals surface area contributed by atoms with Crippen LogP contribution in [-0.2, 0) is 16.0 Å². The third kappa shape index (κ3) is 5.31. The highest BCUT2D eigenvalue weighted by atomic mass is 19.1. The third-order valence-electron chi connectivity index (χ3n) is 3.70. The monoisotopic (exact) mass is 343 g/mol. The molecule has 25 heavy (non-hydrogen) atoms. The van der Waals surface area contributed by atoms with Crippen LogP contribution in [0.1, 0.15) is 23.1 Å². The van der Waals surface area contributed by atoms with Gasteiger partial charge in [0.25, 0.3) is 5.91 Å². The van der Waals surface area contributed by atoms with Gasteiger partial charge in [-0.05, 0) is 31.4 Å². The molecular weight excluding hydrogens is 321 g/mol. The number of hydrogen-bond donors (Lipinski definition) is 2. The summed E-state index contributed by atoms with van der Waals surface area (Å²) in [6.07, 6.45) is 4.04. The number of aryl methyl sites for hydroxylation is 2. The number of nitrogens with zero attached hydrogens (tertiary/aromatic N) is 1. The highest BCUT2D eigenvalue weighted by Gasteiger charge is 2.14. The number of aromatic nitrogens is 1. The number of rotatable bonds is 7. The molecule has 0 radical (unpaired) electrons. The highest BCUT2D eigenvalue weighted by Crippen LogP contribution is 2.18. The topological polar surface area (TPSA) is 77.2 Å². The number of pyridine rings is 1. The zero-order chi connectivity index (χ0) is 18.2. The lowest BCUT2D eigenvalue weighted by atomic mass is 10.1. The van der Waals surface area contributed by atoms with Crippen molar-refractivity contribution in [3.8, 4) is 0 Å². The van der Waals surface area contributed by atoms with Crippen molar-refractivity contribution in [2.45, 2.75) is 19.8 Å². The molecule has 0 bridgehead atoms. The molecule has 6 heteroatoms. The molecule has 0 aliphatic rings. The van der Waals surface area contributed by atoms with E-state index in [0.29, 0.717) is 25.1 Å². The summed E-state index contributed by atoms with van der Waals surface area (Å²) in [5.74, 6) is -0.418. The highest BCUT2D eigenvalue weighted by molar-refractivity contribution is 5.98. The molecule has 0 spiro atoms. The smallest absolute Gasteiger partial charge is 0.271 e. The molecule has 3 N–H and O–H groups in total. The number of ether oxygens (including phenoxy) is 1. The summed E-state index contributed by atoms with van der Waals surface area (Å²) in [4.78, 5) is 16.0. The minimum Gasteiger partial charge on any atom is -0.494 e. The summed E-state index contributed by atoms with van der Waals surface area (Å²) < 4.78 is 18.3. The lowest BCUT2D eigenvalue weighted by Gasteiger charge is -2.12. The third-order valence-corrected chi connectivity index (χ3v) is 3.70. The summed E-state index contributed by atoms with van der Waals surface area (Å²) in [6, 6.07) is 8.99. The van der Waals surface area contributed by atoms with Gasteiger partial charge in [-0.2, -0.15) is 0 Å². The van der Waals surface area contributed by atoms with E-state index in [-0.39, 0.29) is 11.5 Å². The predicted molar refractivity (Wildman–Crippen MR) is 94.8 cm³/mol. The van der Waals surface area contributed by atoms with Gasteiger partial charge >= 0.3 is 0 Å². The van der Waals surface area contributed by atoms with Crippen molar-refractivity contribution in [1.29, 1.82) is 0 Å². The summed E-state index contributed by atoms with van der Waals surface area (Å²) in [5, 5.41) is 2.75. The van der Waals surface area contributed by atoms with Crippen LogP contribution in [0.2, 0.25) is 0 Å². The van der Waals surface area contributed by atoms with E-state index in [4.69, 9.17) is 10.5 Å². The van der Waals surface area contributed by atoms with Crippen LogP contribution >= 0.6 is 0 Å². The Morgan fingerprint density at radius 3 is 2.64 bits per heavy atom. The Morgan fingerprint density at radius 1 is 1.28 bits per heavy atom. The van der Waals surface area contributed by atoms with Crippen molar-refractivity contribution >= 4 is 11.7 Å². The van der Waals surface area contributed by atoms with E-state index in [1.165, 1.54) is 13.2 Å². The molecule has 1 aromatic carbocycles. The minimum absolute atomic E-state index is 0.0266. The largest absolute Gasteiger partial charge is 0.494 e. The van der Waals surface area contributed by atoms with E-state index in [1.54, 1.807) is 6.20 Å². The molecule has 0 atom stereocenters. The first-order chi connectivity index (χ1) is 12.0. The van der Waals surface area contributed by atoms with Gasteiger partial charge in [0.15, 0.2) is 5.76 Å². The van der Waals surface area contributed by atoms with Crippen molar-refractivity contribution in [1.82, 2.24) is 10.3 Å². The SMILES string of the molecule is CO/C(=C(\N)C(=O)NCCCc1cncc(F)c1)c1ccc(C)cc1. The molecule has 0 aliphatic carbocycles. The second-order valence-electron chi connectivity index (χ2n) is 5.68. The number of benzene rings is 1. The van der Waals surface area contributed by atoms with Gasteiger partial charge < -0.3 is 15.8 Å². The zero-order valence-corrected chi connectivity index (χ0v) is 14.4. The first-order valence-corrected chi connectivity index (χ1v) is 7.99. The lowest BCUT2D eigenvalue weighted by Crippen LogP contribution is -2.30. The number of nitrogens with one attached hydrogen (secondary N) is 1. The van der Waals surface area contributed by atoms with Gasteiger partial charge in [-0.25, -0.2) is 4.39 Å². The second-order valence-corrected chi connectivity index (χ2v) is 5.68. The van der Waals surface area contributed by atoms with Gasteiger partial charge in [0.1, 0.15) is 11.5 Å². The first-order valence-electron chi connectivity index (χ1n) is 7.99. The Morgan fingerprint density at radius 2 is 2.00 bits per heavy atom. The molecule has 1 aromatic heterocycles. The molecule has 5 nitrogen and oxygen atoms in total. The Kier molecular flexibility index (Phi) is 6.51. The molecule has 1 amide bonds. The Hall–Kier alpha value is -2.89. The van der Waals surface area contributed by atoms with Crippen molar-refractivity contribution in [3.05, 3.63) is 70.9 Å². The van der Waals surface area contributed by atoms with Gasteiger partial charge in [-0.15, -0.1) is 0 Å². The van der Waals surface area contributed by atoms with Crippen LogP contribution < -0.4 is 11.1 Å². The summed E-state index contributed by atoms with van der Waals surface area (Å²) in [6.45, 7) is 2.39. The number of methoxy groups -OCH3 is 1. The molecule has 132 valence electrons. The molecule has 0 unspecified atom stereocenters. The summed E-state index contributed by atoms with van der Waals surface area (Å²) >= 11 is 0. The second kappa shape index (κ2) is 8.82. The van der Waals surface area contributed by atoms with Crippen LogP contribution in [0.25, 0.3) is 5.76 Å². The maximum atomic E-state index is 13.1. The van der Waals surface area contributed by atoms with E-state index in [9.17, 15) is 9.18 Å². The number of amides is 1. The van der Waals surface area contributed by atoms with Crippen LogP contribution in [0.15, 0.2) is 48.4 Å². The summed E-state index contributed by atoms with van der Waals surface area (Å²) in [7, 11) is 1.48. The average molecular weight is 343 g/mol. The average Bonchev–Trinajstić information content (AvgIpc) is 2.60. The molecular formula is C19H22FN3O2. The molecule has 1 heterocycles. The molecule has 0 saturated carbocycles. The van der Waals surface area contributed by atoms with Crippen molar-refractivity contribution in [2.24, 2.45) is 5.73 Å². The molecule has 0 aliphatic heterocycles. The normalized spacial score (nSPS) is 11.6. The fourth-order valence-corrected chi connectivity index (χ4v) is 2.37. The van der Waals surface area contributed by atoms with E-state index < -0.39 is 5.91 Å². The first kappa shape index (κ1) is 18.4. The van der Waals surface area contributed by atoms with Gasteiger partial charge in [0.2, 0.25) is 0 Å². The van der Waals surface area contributed by atoms with Crippen LogP contribution in [-0.4, -0.2) is 24.5 Å². The van der Waals surface area contributed by atoms with Gasteiger partial charge in [-0.1, -0.05) is 29.8 Å². The fourth-order valence-electron chi connectivity index (χ4n) is 2.37. The Balaban J connectivity index is 1.92. The minimum atomic E-state index is -0.394. The van der Waals surface area contributed by atoms with Crippen LogP contribution in [0.5, 0.6) is 0 Å². The fraction of sp³-hybridized carbons (Fsp3) is 0.263. The van der Waals surface area contributed by atoms with E-state index in [0.717, 1.165) is 22.9 Å². The van der Waals surface area contributed by atoms with Crippen molar-refractivity contribution < 1.29 is 13.9 Å². The number of halogens is 1. The number of hydrogen-bond acceptors (Lipinski definition) is 4. The lowest BCUT2D eigenvalue weighted by molar-refractivity contribution is -0.117. The van der Waals surface area contributed by atoms with Crippen LogP contribution in [0, 0.1) is 12.7 Å². The number of carbonyl (C=O) groups is 1. The Bertz CT molecular complexity index is 758. The standard InChI is InChI=1S/C19H22FN3O2/c1-13-5-7-15(8-6-13)18(25-2)17(21)19(24)23-9-3-4-14-10-16(20)12-22-11-14/h5-8,10-12H,3-4,9,21H2,1-2H3,(H,23,24)/b18-17-. The molecule has 2 rings (SSSR count). The molecule has 0 saturated heterocycles. The van der Waals surface area contributed by atoms with Gasteiger partial charge in [-0.3, -0.25) is 9.78 Å². The molecule has 0 fully saturated rings. The van der Waals surface area contributed by atoms with E-state index in [2.05, 4.69) is 10.3 Å². The van der Waals surface area contributed by atoms with E-state index in [1.807, 2.05) is 31.2 Å². The molecule has 2 aromatic rings. The van der Waals surface area contributed by atoms with Gasteiger partial charge in [0, 0.05) is 18.3 Å². The van der Waals surface area contributed by atoms with Crippen molar-refractivity contribution in [3.63, 3.8) is 0 Å². The maximum absolute atomic E-state index is 13.1. The number of nitrogens with two attached hydrogens (primary N) is 1. The maximum Gasteiger partial charge on any atom is 0.271 e. The van der Waals surface area contributed by atoms with Gasteiger partial charge in [0.05, 0.1) is 13.3 Å². The van der Waals surface area contributed by atoms with Crippen LogP contribution in [0.3, 0.4) is 0 Å². The van der Waals surface area contributed by atoms with E-state index >= 15 is 0 Å². The van der Waals surface area contributed by atoms with Crippen molar-refractivity contribution in [2.75, 3.05) is 13.7 Å². The Labute approximate surface area is 146 Å².